The van der Waals surface area contributed by atoms with Gasteiger partial charge in [-0.2, -0.15) is 0 Å². The second kappa shape index (κ2) is 7.60. The molecule has 1 saturated heterocycles. The Labute approximate surface area is 135 Å². The summed E-state index contributed by atoms with van der Waals surface area (Å²) in [6, 6.07) is 0.619. The SMILES string of the molecule is CC(C)N(C[C@@H]1CCCN(S(C)(=O)=O)C1)[C@@H]1CCCC[C@H]1O. The third kappa shape index (κ3) is 4.66. The van der Waals surface area contributed by atoms with E-state index in [0.29, 0.717) is 25.0 Å². The van der Waals surface area contributed by atoms with Gasteiger partial charge in [0.05, 0.1) is 12.4 Å². The maximum atomic E-state index is 11.8. The second-order valence-corrected chi connectivity index (χ2v) is 9.32. The van der Waals surface area contributed by atoms with E-state index in [1.54, 1.807) is 4.31 Å². The molecule has 5 nitrogen and oxygen atoms in total. The fourth-order valence-corrected chi connectivity index (χ4v) is 4.93. The van der Waals surface area contributed by atoms with Gasteiger partial charge in [0.15, 0.2) is 0 Å². The van der Waals surface area contributed by atoms with Gasteiger partial charge in [0.25, 0.3) is 0 Å². The van der Waals surface area contributed by atoms with Crippen molar-refractivity contribution in [3.63, 3.8) is 0 Å². The molecule has 0 aromatic heterocycles. The van der Waals surface area contributed by atoms with Crippen molar-refractivity contribution < 1.29 is 13.5 Å². The lowest BCUT2D eigenvalue weighted by molar-refractivity contribution is -0.00652. The fourth-order valence-electron chi connectivity index (χ4n) is 3.98. The van der Waals surface area contributed by atoms with Gasteiger partial charge in [0.1, 0.15) is 0 Å². The van der Waals surface area contributed by atoms with Crippen LogP contribution in [0.3, 0.4) is 0 Å². The van der Waals surface area contributed by atoms with Crippen molar-refractivity contribution in [1.82, 2.24) is 9.21 Å². The number of sulfonamides is 1. The molecule has 0 bridgehead atoms. The fraction of sp³-hybridized carbons (Fsp3) is 1.00. The number of hydrogen-bond acceptors (Lipinski definition) is 4. The van der Waals surface area contributed by atoms with Crippen LogP contribution in [0.4, 0.5) is 0 Å². The number of piperidine rings is 1. The summed E-state index contributed by atoms with van der Waals surface area (Å²) in [5, 5.41) is 10.4. The molecular formula is C16H32N2O3S. The zero-order chi connectivity index (χ0) is 16.3. The first-order valence-corrected chi connectivity index (χ1v) is 10.5. The highest BCUT2D eigenvalue weighted by atomic mass is 32.2. The Balaban J connectivity index is 2.01. The van der Waals surface area contributed by atoms with Gasteiger partial charge in [-0.05, 0) is 45.4 Å². The molecule has 0 amide bonds. The predicted molar refractivity (Wildman–Crippen MR) is 89.2 cm³/mol. The van der Waals surface area contributed by atoms with Crippen LogP contribution in [0.15, 0.2) is 0 Å². The number of hydrogen-bond donors (Lipinski definition) is 1. The van der Waals surface area contributed by atoms with Crippen molar-refractivity contribution in [1.29, 1.82) is 0 Å². The molecule has 2 fully saturated rings. The molecule has 3 atom stereocenters. The highest BCUT2D eigenvalue weighted by Gasteiger charge is 2.33. The molecule has 22 heavy (non-hydrogen) atoms. The first kappa shape index (κ1) is 18.2. The molecule has 1 N–H and O–H groups in total. The van der Waals surface area contributed by atoms with Gasteiger partial charge >= 0.3 is 0 Å². The molecule has 1 aliphatic carbocycles. The van der Waals surface area contributed by atoms with Gasteiger partial charge in [-0.1, -0.05) is 12.8 Å². The molecule has 130 valence electrons. The van der Waals surface area contributed by atoms with Crippen LogP contribution in [0.5, 0.6) is 0 Å². The summed E-state index contributed by atoms with van der Waals surface area (Å²) < 4.78 is 25.2. The van der Waals surface area contributed by atoms with E-state index in [1.807, 2.05) is 0 Å². The molecule has 1 aliphatic heterocycles. The molecule has 2 aliphatic rings. The Bertz CT molecular complexity index is 452. The number of aliphatic hydroxyl groups is 1. The molecule has 6 heteroatoms. The molecule has 0 aromatic carbocycles. The monoisotopic (exact) mass is 332 g/mol. The van der Waals surface area contributed by atoms with E-state index in [1.165, 1.54) is 12.7 Å². The molecule has 1 heterocycles. The lowest BCUT2D eigenvalue weighted by atomic mass is 9.89. The van der Waals surface area contributed by atoms with Crippen LogP contribution < -0.4 is 0 Å². The van der Waals surface area contributed by atoms with Crippen LogP contribution >= 0.6 is 0 Å². The molecule has 2 rings (SSSR count). The minimum absolute atomic E-state index is 0.231. The standard InChI is InChI=1S/C16H32N2O3S/c1-13(2)18(15-8-4-5-9-16(15)19)12-14-7-6-10-17(11-14)22(3,20)21/h13-16,19H,4-12H2,1-3H3/t14-,15-,16-/m1/s1. The topological polar surface area (TPSA) is 60.9 Å². The van der Waals surface area contributed by atoms with Gasteiger partial charge in [-0.15, -0.1) is 0 Å². The van der Waals surface area contributed by atoms with Crippen molar-refractivity contribution >= 4 is 10.0 Å². The van der Waals surface area contributed by atoms with Gasteiger partial charge in [-0.25, -0.2) is 12.7 Å². The van der Waals surface area contributed by atoms with E-state index in [-0.39, 0.29) is 12.1 Å². The maximum absolute atomic E-state index is 11.8. The van der Waals surface area contributed by atoms with Crippen molar-refractivity contribution in [3.05, 3.63) is 0 Å². The van der Waals surface area contributed by atoms with E-state index in [9.17, 15) is 13.5 Å². The van der Waals surface area contributed by atoms with Gasteiger partial charge in [-0.3, -0.25) is 4.90 Å². The predicted octanol–water partition coefficient (Wildman–Crippen LogP) is 1.67. The van der Waals surface area contributed by atoms with Crippen LogP contribution in [0.25, 0.3) is 0 Å². The Kier molecular flexibility index (Phi) is 6.28. The van der Waals surface area contributed by atoms with E-state index in [0.717, 1.165) is 38.6 Å². The molecular weight excluding hydrogens is 300 g/mol. The highest BCUT2D eigenvalue weighted by Crippen LogP contribution is 2.28. The van der Waals surface area contributed by atoms with Gasteiger partial charge in [0, 0.05) is 31.7 Å². The largest absolute Gasteiger partial charge is 0.391 e. The molecule has 0 radical (unpaired) electrons. The van der Waals surface area contributed by atoms with Crippen LogP contribution in [0, 0.1) is 5.92 Å². The molecule has 1 saturated carbocycles. The lowest BCUT2D eigenvalue weighted by Crippen LogP contribution is -2.52. The summed E-state index contributed by atoms with van der Waals surface area (Å²) in [5.74, 6) is 0.375. The van der Waals surface area contributed by atoms with Gasteiger partial charge in [0.2, 0.25) is 10.0 Å². The van der Waals surface area contributed by atoms with Crippen molar-refractivity contribution in [2.24, 2.45) is 5.92 Å². The smallest absolute Gasteiger partial charge is 0.211 e. The first-order chi connectivity index (χ1) is 10.3. The summed E-state index contributed by atoms with van der Waals surface area (Å²) in [4.78, 5) is 2.42. The Morgan fingerprint density at radius 2 is 1.86 bits per heavy atom. The molecule has 0 spiro atoms. The summed E-state index contributed by atoms with van der Waals surface area (Å²) in [6.07, 6.45) is 7.36. The maximum Gasteiger partial charge on any atom is 0.211 e. The average molecular weight is 333 g/mol. The van der Waals surface area contributed by atoms with Crippen LogP contribution in [0.1, 0.15) is 52.4 Å². The molecule has 0 aromatic rings. The first-order valence-electron chi connectivity index (χ1n) is 8.68. The van der Waals surface area contributed by atoms with E-state index >= 15 is 0 Å². The Morgan fingerprint density at radius 3 is 2.45 bits per heavy atom. The lowest BCUT2D eigenvalue weighted by Gasteiger charge is -2.43. The molecule has 0 unspecified atom stereocenters. The van der Waals surface area contributed by atoms with Crippen molar-refractivity contribution in [3.8, 4) is 0 Å². The van der Waals surface area contributed by atoms with Crippen LogP contribution in [0.2, 0.25) is 0 Å². The van der Waals surface area contributed by atoms with E-state index in [2.05, 4.69) is 18.7 Å². The normalized spacial score (nSPS) is 31.8. The minimum Gasteiger partial charge on any atom is -0.391 e. The highest BCUT2D eigenvalue weighted by molar-refractivity contribution is 7.88. The third-order valence-corrected chi connectivity index (χ3v) is 6.47. The summed E-state index contributed by atoms with van der Waals surface area (Å²) in [6.45, 7) is 6.54. The van der Waals surface area contributed by atoms with Crippen LogP contribution in [-0.2, 0) is 10.0 Å². The Hall–Kier alpha value is -0.170. The number of aliphatic hydroxyl groups excluding tert-OH is 1. The quantitative estimate of drug-likeness (QED) is 0.832. The zero-order valence-electron chi connectivity index (χ0n) is 14.2. The van der Waals surface area contributed by atoms with Crippen LogP contribution in [-0.4, -0.2) is 66.8 Å². The minimum atomic E-state index is -3.09. The average Bonchev–Trinajstić information content (AvgIpc) is 2.45. The van der Waals surface area contributed by atoms with Crippen molar-refractivity contribution in [2.75, 3.05) is 25.9 Å². The van der Waals surface area contributed by atoms with E-state index in [4.69, 9.17) is 0 Å². The number of nitrogens with zero attached hydrogens (tertiary/aromatic N) is 2. The summed E-state index contributed by atoms with van der Waals surface area (Å²) >= 11 is 0. The van der Waals surface area contributed by atoms with Gasteiger partial charge < -0.3 is 5.11 Å². The summed E-state index contributed by atoms with van der Waals surface area (Å²) in [7, 11) is -3.09. The zero-order valence-corrected chi connectivity index (χ0v) is 15.1. The Morgan fingerprint density at radius 1 is 1.18 bits per heavy atom. The van der Waals surface area contributed by atoms with Crippen molar-refractivity contribution in [2.45, 2.75) is 70.6 Å². The number of rotatable bonds is 5. The summed E-state index contributed by atoms with van der Waals surface area (Å²) in [5.41, 5.74) is 0. The second-order valence-electron chi connectivity index (χ2n) is 7.34. The van der Waals surface area contributed by atoms with E-state index < -0.39 is 10.0 Å². The third-order valence-electron chi connectivity index (χ3n) is 5.20.